The lowest BCUT2D eigenvalue weighted by Gasteiger charge is -2.39. The van der Waals surface area contributed by atoms with Gasteiger partial charge >= 0.3 is 18.2 Å². The van der Waals surface area contributed by atoms with Crippen molar-refractivity contribution in [3.63, 3.8) is 0 Å². The van der Waals surface area contributed by atoms with Crippen molar-refractivity contribution in [1.82, 2.24) is 24.0 Å². The lowest BCUT2D eigenvalue weighted by Crippen LogP contribution is -2.41. The second kappa shape index (κ2) is 24.1. The summed E-state index contributed by atoms with van der Waals surface area (Å²) in [5, 5.41) is 0.337. The quantitative estimate of drug-likeness (QED) is 0.0236. The van der Waals surface area contributed by atoms with E-state index in [-0.39, 0.29) is 19.4 Å². The molecule has 0 spiro atoms. The molecule has 0 amide bonds. The summed E-state index contributed by atoms with van der Waals surface area (Å²) < 4.78 is 68.5. The molecule has 0 bridgehead atoms. The Morgan fingerprint density at radius 3 is 1.80 bits per heavy atom. The van der Waals surface area contributed by atoms with Crippen molar-refractivity contribution in [1.29, 1.82) is 0 Å². The average Bonchev–Trinajstić information content (AvgIpc) is 3.99. The van der Waals surface area contributed by atoms with Crippen LogP contribution in [-0.4, -0.2) is 113 Å². The van der Waals surface area contributed by atoms with Crippen LogP contribution >= 0.6 is 39.8 Å². The second-order valence-electron chi connectivity index (χ2n) is 17.3. The van der Waals surface area contributed by atoms with Gasteiger partial charge in [0.25, 0.3) is 11.1 Å². The molecule has 0 radical (unpaired) electrons. The van der Waals surface area contributed by atoms with Gasteiger partial charge in [-0.05, 0) is 72.6 Å². The first kappa shape index (κ1) is 52.9. The number of hydrogen-bond acceptors (Lipinski definition) is 17. The van der Waals surface area contributed by atoms with Crippen molar-refractivity contribution in [2.24, 2.45) is 0 Å². The molecule has 0 saturated carbocycles. The molecule has 3 aliphatic heterocycles. The van der Waals surface area contributed by atoms with Crippen molar-refractivity contribution in [3.8, 4) is 11.5 Å². The predicted octanol–water partition coefficient (Wildman–Crippen LogP) is 7.00. The van der Waals surface area contributed by atoms with E-state index >= 15 is 4.57 Å². The molecule has 5 aromatic rings. The zero-order valence-corrected chi connectivity index (χ0v) is 43.6. The van der Waals surface area contributed by atoms with Crippen molar-refractivity contribution in [3.05, 3.63) is 161 Å². The molecule has 2 N–H and O–H groups in total. The van der Waals surface area contributed by atoms with Gasteiger partial charge in [0, 0.05) is 61.7 Å². The molecule has 3 aromatic carbocycles. The Labute approximate surface area is 423 Å². The molecule has 3 aliphatic rings. The second-order valence-corrected chi connectivity index (χ2v) is 24.3. The van der Waals surface area contributed by atoms with E-state index in [1.165, 1.54) is 32.3 Å². The van der Waals surface area contributed by atoms with Crippen LogP contribution < -0.4 is 32.0 Å². The molecule has 22 heteroatoms. The third kappa shape index (κ3) is 12.5. The number of rotatable bonds is 22. The number of benzene rings is 3. The molecule has 3 fully saturated rings. The Hall–Kier alpha value is -4.38. The van der Waals surface area contributed by atoms with Crippen LogP contribution in [0.2, 0.25) is 0 Å². The maximum atomic E-state index is 15.4. The van der Waals surface area contributed by atoms with Crippen molar-refractivity contribution in [2.45, 2.75) is 82.5 Å². The van der Waals surface area contributed by atoms with E-state index in [9.17, 15) is 19.2 Å². The minimum atomic E-state index is -4.13. The Balaban J connectivity index is 1.13. The number of morpholine rings is 1. The molecule has 3 unspecified atom stereocenters. The van der Waals surface area contributed by atoms with Crippen molar-refractivity contribution in [2.75, 3.05) is 64.5 Å². The van der Waals surface area contributed by atoms with Crippen molar-refractivity contribution < 1.29 is 42.0 Å². The largest absolute Gasteiger partial charge is 0.497 e. The summed E-state index contributed by atoms with van der Waals surface area (Å²) in [6, 6.07) is 24.9. The van der Waals surface area contributed by atoms with Crippen LogP contribution in [-0.2, 0) is 38.2 Å². The normalized spacial score (nSPS) is 22.6. The van der Waals surface area contributed by atoms with Crippen LogP contribution in [0.5, 0.6) is 11.5 Å². The van der Waals surface area contributed by atoms with Gasteiger partial charge in [-0.2, -0.15) is 0 Å². The van der Waals surface area contributed by atoms with Crippen LogP contribution in [0.3, 0.4) is 0 Å². The SMILES string of the molecule is CC[C@H]1O[C@@H](n2cc(C)c(=O)[nH]c2=O)CC1OP(=O)(OC[C@H]1O[C@@H](n2cc(C)c(=O)[nH]c2=O)CC1OC(c1ccccc1)(c1ccc(OC)cc1)c1ccc(OC)cc1)SCSSCCN1CCOCC1. The molecule has 7 atom stereocenters. The van der Waals surface area contributed by atoms with E-state index in [0.29, 0.717) is 47.3 Å². The van der Waals surface area contributed by atoms with Gasteiger partial charge in [-0.3, -0.25) is 42.6 Å². The molecule has 8 rings (SSSR count). The predicted molar refractivity (Wildman–Crippen MR) is 275 cm³/mol. The van der Waals surface area contributed by atoms with E-state index in [4.69, 9.17) is 37.5 Å². The fourth-order valence-electron chi connectivity index (χ4n) is 8.94. The van der Waals surface area contributed by atoms with Crippen LogP contribution in [0.1, 0.15) is 66.5 Å². The Kier molecular flexibility index (Phi) is 18.0. The highest BCUT2D eigenvalue weighted by Crippen LogP contribution is 2.64. The summed E-state index contributed by atoms with van der Waals surface area (Å²) >= 11 is 1.05. The third-order valence-electron chi connectivity index (χ3n) is 12.8. The number of ether oxygens (including phenoxy) is 6. The summed E-state index contributed by atoms with van der Waals surface area (Å²) in [5.74, 6) is 2.12. The number of nitrogens with zero attached hydrogens (tertiary/aromatic N) is 3. The first-order chi connectivity index (χ1) is 34.3. The van der Waals surface area contributed by atoms with Crippen LogP contribution in [0, 0.1) is 13.8 Å². The van der Waals surface area contributed by atoms with E-state index in [0.717, 1.165) is 53.5 Å². The molecule has 3 saturated heterocycles. The zero-order chi connectivity index (χ0) is 50.1. The monoisotopic (exact) mass is 1050 g/mol. The average molecular weight is 1050 g/mol. The number of H-pyrrole nitrogens is 2. The van der Waals surface area contributed by atoms with Crippen LogP contribution in [0.25, 0.3) is 0 Å². The summed E-state index contributed by atoms with van der Waals surface area (Å²) in [6.07, 6.45) is -1.31. The maximum Gasteiger partial charge on any atom is 0.390 e. The first-order valence-electron chi connectivity index (χ1n) is 23.4. The minimum absolute atomic E-state index is 0.109. The minimum Gasteiger partial charge on any atom is -0.497 e. The molecule has 5 heterocycles. The number of nitrogens with one attached hydrogen (secondary N) is 2. The van der Waals surface area contributed by atoms with Crippen LogP contribution in [0.15, 0.2) is 110 Å². The molecule has 382 valence electrons. The van der Waals surface area contributed by atoms with Gasteiger partial charge in [0.2, 0.25) is 0 Å². The van der Waals surface area contributed by atoms with Gasteiger partial charge in [-0.1, -0.05) is 83.1 Å². The molecule has 2 aromatic heterocycles. The van der Waals surface area contributed by atoms with Gasteiger partial charge in [0.15, 0.2) is 0 Å². The number of aromatic amines is 2. The fraction of sp³-hybridized carbons (Fsp3) is 0.469. The summed E-state index contributed by atoms with van der Waals surface area (Å²) in [7, 11) is 6.39. The highest BCUT2D eigenvalue weighted by molar-refractivity contribution is 8.80. The topological polar surface area (TPSA) is 204 Å². The molecule has 71 heavy (non-hydrogen) atoms. The Morgan fingerprint density at radius 2 is 1.25 bits per heavy atom. The highest BCUT2D eigenvalue weighted by atomic mass is 33.1. The van der Waals surface area contributed by atoms with Gasteiger partial charge < -0.3 is 28.4 Å². The summed E-state index contributed by atoms with van der Waals surface area (Å²) in [6.45, 7) is 4.73. The van der Waals surface area contributed by atoms with E-state index in [1.807, 2.05) is 85.8 Å². The van der Waals surface area contributed by atoms with Gasteiger partial charge in [-0.15, -0.1) is 0 Å². The molecular weight excluding hydrogens is 994 g/mol. The molecule has 0 aliphatic carbocycles. The van der Waals surface area contributed by atoms with E-state index < -0.39 is 71.8 Å². The fourth-order valence-corrected chi connectivity index (χ4v) is 16.3. The maximum absolute atomic E-state index is 15.4. The third-order valence-corrected chi connectivity index (χ3v) is 19.7. The molecule has 18 nitrogen and oxygen atoms in total. The van der Waals surface area contributed by atoms with Gasteiger partial charge in [0.1, 0.15) is 35.7 Å². The molecular formula is C49H60N5O13PS3. The number of aromatic nitrogens is 4. The van der Waals surface area contributed by atoms with Crippen molar-refractivity contribution >= 4 is 39.8 Å². The lowest BCUT2D eigenvalue weighted by atomic mass is 9.79. The summed E-state index contributed by atoms with van der Waals surface area (Å²) in [5.41, 5.74) is -0.718. The lowest BCUT2D eigenvalue weighted by molar-refractivity contribution is -0.0976. The summed E-state index contributed by atoms with van der Waals surface area (Å²) in [4.78, 5) is 58.4. The standard InChI is InChI=1S/C49H60N5O13PS3/c1-6-39-41(27-44(64-39)54-29-33(3)46(56)51-48(54)58)67-68(59,69-31-71-70-25-22-52-20-23-62-24-21-52)63-30-42-40(26-43(65-42)53-28-32(2)45(55)50-47(53)57)66-49(34-10-8-7-9-11-34,35-12-16-37(60-4)17-13-35)36-14-18-38(61-5)19-15-36/h7-19,28-29,39-44H,6,20-27,30-31H2,1-5H3,(H,50,55,57)(H,51,56,58)/t39-,40?,41?,42-,43-,44-,68?/m1/s1. The Morgan fingerprint density at radius 1 is 0.718 bits per heavy atom. The first-order valence-corrected chi connectivity index (χ1v) is 29.0. The number of hydrogen-bond donors (Lipinski definition) is 2. The Bertz CT molecular complexity index is 2800. The van der Waals surface area contributed by atoms with Crippen LogP contribution in [0.4, 0.5) is 0 Å². The highest BCUT2D eigenvalue weighted by Gasteiger charge is 2.48. The number of aryl methyl sites for hydroxylation is 2. The van der Waals surface area contributed by atoms with E-state index in [2.05, 4.69) is 14.9 Å². The zero-order valence-electron chi connectivity index (χ0n) is 40.2. The van der Waals surface area contributed by atoms with Gasteiger partial charge in [-0.25, -0.2) is 14.2 Å². The van der Waals surface area contributed by atoms with Gasteiger partial charge in [0.05, 0.1) is 57.4 Å². The number of methoxy groups -OCH3 is 2. The van der Waals surface area contributed by atoms with E-state index in [1.54, 1.807) is 38.9 Å². The smallest absolute Gasteiger partial charge is 0.390 e.